The van der Waals surface area contributed by atoms with Crippen LogP contribution >= 0.6 is 0 Å². The maximum Gasteiger partial charge on any atom is 0.458 e. The third kappa shape index (κ3) is 5.72. The molecule has 0 radical (unpaired) electrons. The Labute approximate surface area is 208 Å². The van der Waals surface area contributed by atoms with Gasteiger partial charge in [0.2, 0.25) is 0 Å². The zero-order valence-electron chi connectivity index (χ0n) is 19.3. The average molecular weight is 524 g/mol. The summed E-state index contributed by atoms with van der Waals surface area (Å²) in [7, 11) is 0. The summed E-state index contributed by atoms with van der Waals surface area (Å²) in [6, 6.07) is 12.4. The molecule has 12 heteroatoms. The summed E-state index contributed by atoms with van der Waals surface area (Å²) in [6.45, 7) is 11.8. The van der Waals surface area contributed by atoms with Crippen LogP contribution in [0.5, 0.6) is 0 Å². The van der Waals surface area contributed by atoms with Gasteiger partial charge in [0.15, 0.2) is 5.69 Å². The second kappa shape index (κ2) is 10.0. The van der Waals surface area contributed by atoms with Gasteiger partial charge in [-0.1, -0.05) is 12.1 Å². The van der Waals surface area contributed by atoms with Gasteiger partial charge in [0.1, 0.15) is 0 Å². The van der Waals surface area contributed by atoms with Crippen LogP contribution in [0.4, 0.5) is 49.1 Å². The van der Waals surface area contributed by atoms with E-state index in [1.54, 1.807) is 0 Å². The van der Waals surface area contributed by atoms with E-state index >= 15 is 0 Å². The second-order valence-electron chi connectivity index (χ2n) is 9.09. The fourth-order valence-corrected chi connectivity index (χ4v) is 5.05. The van der Waals surface area contributed by atoms with Crippen LogP contribution in [-0.4, -0.2) is 50.1 Å². The molecule has 2 aromatic rings. The maximum atomic E-state index is 11.2. The molecule has 1 saturated heterocycles. The summed E-state index contributed by atoms with van der Waals surface area (Å²) in [5.74, 6) is -5.44. The van der Waals surface area contributed by atoms with Crippen molar-refractivity contribution in [2.75, 3.05) is 36.4 Å². The summed E-state index contributed by atoms with van der Waals surface area (Å²) in [5.41, 5.74) is 7.34. The fraction of sp³-hybridized carbons (Fsp3) is 0.400. The van der Waals surface area contributed by atoms with Crippen LogP contribution in [0.1, 0.15) is 23.5 Å². The first kappa shape index (κ1) is 26.5. The van der Waals surface area contributed by atoms with E-state index in [0.717, 1.165) is 30.4 Å². The maximum absolute atomic E-state index is 11.2. The lowest BCUT2D eigenvalue weighted by atomic mass is 9.80. The Morgan fingerprint density at radius 2 is 1.70 bits per heavy atom. The summed E-state index contributed by atoms with van der Waals surface area (Å²) >= 11 is 0. The molecule has 3 aliphatic rings. The van der Waals surface area contributed by atoms with Crippen LogP contribution in [0, 0.1) is 12.5 Å². The monoisotopic (exact) mass is 524 g/mol. The minimum atomic E-state index is -5.77. The predicted molar refractivity (Wildman–Crippen MR) is 124 cm³/mol. The molecule has 3 aliphatic heterocycles. The standard InChI is InChI=1S/C21H22N4.C4F6O2/c1-22-16-5-2-6-17(9-16)24-18-8-14-4-3-7-25-13-15-11-23-12-20(15)19(10-18)21(14)25;5-3(6,7)1(11)2(12)4(8,9)10/h2,5-6,8-10,15,20,23-24H,3-4,7,11-13H2;/t15-,20-;/m1./s1. The molecule has 196 valence electrons. The van der Waals surface area contributed by atoms with E-state index in [-0.39, 0.29) is 0 Å². The second-order valence-corrected chi connectivity index (χ2v) is 9.09. The Balaban J connectivity index is 0.000000229. The smallest absolute Gasteiger partial charge is 0.371 e. The zero-order valence-corrected chi connectivity index (χ0v) is 19.3. The number of nitrogens with one attached hydrogen (secondary N) is 2. The van der Waals surface area contributed by atoms with Crippen molar-refractivity contribution in [1.29, 1.82) is 0 Å². The van der Waals surface area contributed by atoms with Crippen molar-refractivity contribution in [3.63, 3.8) is 0 Å². The van der Waals surface area contributed by atoms with E-state index in [9.17, 15) is 35.9 Å². The molecular formula is C25H22F6N4O2. The van der Waals surface area contributed by atoms with Crippen LogP contribution in [0.2, 0.25) is 0 Å². The third-order valence-corrected chi connectivity index (χ3v) is 6.59. The Hall–Kier alpha value is -3.59. The number of carbonyl (C=O) groups is 2. The lowest BCUT2D eigenvalue weighted by Crippen LogP contribution is -2.40. The van der Waals surface area contributed by atoms with E-state index in [0.29, 0.717) is 11.6 Å². The van der Waals surface area contributed by atoms with Crippen molar-refractivity contribution >= 4 is 34.3 Å². The molecular weight excluding hydrogens is 502 g/mol. The lowest BCUT2D eigenvalue weighted by Gasteiger charge is -2.42. The Bertz CT molecular complexity index is 1230. The number of hydrogen-bond acceptors (Lipinski definition) is 5. The highest BCUT2D eigenvalue weighted by Gasteiger charge is 2.54. The van der Waals surface area contributed by atoms with Crippen LogP contribution < -0.4 is 15.5 Å². The van der Waals surface area contributed by atoms with E-state index in [1.807, 2.05) is 24.3 Å². The predicted octanol–water partition coefficient (Wildman–Crippen LogP) is 5.30. The van der Waals surface area contributed by atoms with Crippen LogP contribution in [-0.2, 0) is 16.0 Å². The molecule has 0 aliphatic carbocycles. The van der Waals surface area contributed by atoms with Gasteiger partial charge in [0.05, 0.1) is 6.57 Å². The van der Waals surface area contributed by atoms with Gasteiger partial charge in [0.25, 0.3) is 0 Å². The molecule has 2 aromatic carbocycles. The average Bonchev–Trinajstić information content (AvgIpc) is 3.31. The molecule has 0 spiro atoms. The van der Waals surface area contributed by atoms with Crippen molar-refractivity contribution < 1.29 is 35.9 Å². The molecule has 6 nitrogen and oxygen atoms in total. The van der Waals surface area contributed by atoms with Crippen LogP contribution in [0.3, 0.4) is 0 Å². The molecule has 3 heterocycles. The van der Waals surface area contributed by atoms with Gasteiger partial charge in [-0.05, 0) is 54.2 Å². The fourth-order valence-electron chi connectivity index (χ4n) is 5.05. The van der Waals surface area contributed by atoms with Gasteiger partial charge in [-0.2, -0.15) is 26.3 Å². The van der Waals surface area contributed by atoms with Crippen LogP contribution in [0.25, 0.3) is 4.85 Å². The van der Waals surface area contributed by atoms with E-state index in [2.05, 4.69) is 32.5 Å². The zero-order chi connectivity index (χ0) is 27.0. The molecule has 1 fully saturated rings. The normalized spacial score (nSPS) is 20.1. The number of fused-ring (bicyclic) bond motifs is 2. The summed E-state index contributed by atoms with van der Waals surface area (Å²) < 4.78 is 67.0. The largest absolute Gasteiger partial charge is 0.458 e. The molecule has 2 atom stereocenters. The number of Topliss-reactive ketones (excluding diaryl/α,β-unsaturated/α-hetero) is 2. The molecule has 0 amide bonds. The minimum Gasteiger partial charge on any atom is -0.371 e. The number of alkyl halides is 6. The quantitative estimate of drug-likeness (QED) is 0.324. The first-order valence-electron chi connectivity index (χ1n) is 11.5. The number of rotatable bonds is 3. The molecule has 0 bridgehead atoms. The van der Waals surface area contributed by atoms with E-state index in [4.69, 9.17) is 6.57 Å². The molecule has 0 aromatic heterocycles. The molecule has 0 unspecified atom stereocenters. The summed E-state index contributed by atoms with van der Waals surface area (Å²) in [4.78, 5) is 25.4. The summed E-state index contributed by atoms with van der Waals surface area (Å²) in [5, 5.41) is 7.13. The number of benzene rings is 2. The number of ketones is 2. The number of nitrogens with zero attached hydrogens (tertiary/aromatic N) is 2. The van der Waals surface area contributed by atoms with Gasteiger partial charge in [-0.25, -0.2) is 4.85 Å². The Kier molecular flexibility index (Phi) is 7.19. The first-order chi connectivity index (χ1) is 17.4. The van der Waals surface area contributed by atoms with E-state index in [1.165, 1.54) is 42.7 Å². The first-order valence-corrected chi connectivity index (χ1v) is 11.5. The van der Waals surface area contributed by atoms with Crippen molar-refractivity contribution in [2.45, 2.75) is 31.1 Å². The Morgan fingerprint density at radius 1 is 1.00 bits per heavy atom. The van der Waals surface area contributed by atoms with Gasteiger partial charge in [-0.3, -0.25) is 9.59 Å². The molecule has 5 rings (SSSR count). The number of aryl methyl sites for hydroxylation is 1. The van der Waals surface area contributed by atoms with Crippen molar-refractivity contribution in [3.8, 4) is 0 Å². The van der Waals surface area contributed by atoms with Gasteiger partial charge < -0.3 is 15.5 Å². The molecule has 2 N–H and O–H groups in total. The van der Waals surface area contributed by atoms with Crippen molar-refractivity contribution in [2.24, 2.45) is 5.92 Å². The summed E-state index contributed by atoms with van der Waals surface area (Å²) in [6.07, 6.45) is -9.13. The molecule has 37 heavy (non-hydrogen) atoms. The topological polar surface area (TPSA) is 65.8 Å². The van der Waals surface area contributed by atoms with Gasteiger partial charge >= 0.3 is 23.9 Å². The van der Waals surface area contributed by atoms with Crippen molar-refractivity contribution in [3.05, 3.63) is 58.9 Å². The number of halogens is 6. The van der Waals surface area contributed by atoms with E-state index < -0.39 is 23.9 Å². The highest BCUT2D eigenvalue weighted by Crippen LogP contribution is 2.46. The van der Waals surface area contributed by atoms with Gasteiger partial charge in [0, 0.05) is 49.2 Å². The van der Waals surface area contributed by atoms with Crippen LogP contribution in [0.15, 0.2) is 36.4 Å². The Morgan fingerprint density at radius 3 is 2.35 bits per heavy atom. The number of carbonyl (C=O) groups excluding carboxylic acids is 2. The minimum absolute atomic E-state index is 0.638. The number of anilines is 3. The highest BCUT2D eigenvalue weighted by atomic mass is 19.4. The number of hydrogen-bond donors (Lipinski definition) is 2. The highest BCUT2D eigenvalue weighted by molar-refractivity contribution is 6.41. The lowest BCUT2D eigenvalue weighted by molar-refractivity contribution is -0.193. The third-order valence-electron chi connectivity index (χ3n) is 6.59. The molecule has 0 saturated carbocycles. The SMILES string of the molecule is O=C(C(=O)C(F)(F)F)C(F)(F)F.[C-]#[N+]c1cccc(Nc2cc3c4c(c2)[C@@H]2CNC[C@@H]2CN4CCC3)c1. The van der Waals surface area contributed by atoms with Gasteiger partial charge in [-0.15, -0.1) is 0 Å². The van der Waals surface area contributed by atoms with Crippen molar-refractivity contribution in [1.82, 2.24) is 5.32 Å².